The first-order valence-electron chi connectivity index (χ1n) is 14.4. The molecular weight excluding hydrogens is 546 g/mol. The monoisotopic (exact) mass is 583 g/mol. The minimum atomic E-state index is -0.798. The van der Waals surface area contributed by atoms with E-state index in [2.05, 4.69) is 5.32 Å². The summed E-state index contributed by atoms with van der Waals surface area (Å²) in [6.07, 6.45) is 5.60. The number of hydrogen-bond donors (Lipinski definition) is 1. The van der Waals surface area contributed by atoms with Crippen LogP contribution in [0, 0.1) is 0 Å². The Bertz CT molecular complexity index is 1490. The van der Waals surface area contributed by atoms with Gasteiger partial charge in [-0.25, -0.2) is 0 Å². The third-order valence-electron chi connectivity index (χ3n) is 8.06. The summed E-state index contributed by atoms with van der Waals surface area (Å²) in [6, 6.07) is 20.7. The molecule has 3 aromatic carbocycles. The molecule has 224 valence electrons. The van der Waals surface area contributed by atoms with E-state index in [4.69, 9.17) is 14.2 Å². The first kappa shape index (κ1) is 29.8. The highest BCUT2D eigenvalue weighted by atomic mass is 16.5. The normalized spacial score (nSPS) is 19.8. The number of benzene rings is 3. The number of rotatable bonds is 11. The van der Waals surface area contributed by atoms with E-state index in [0.717, 1.165) is 24.0 Å². The van der Waals surface area contributed by atoms with Crippen molar-refractivity contribution in [3.05, 3.63) is 101 Å². The highest BCUT2D eigenvalue weighted by Gasteiger charge is 2.47. The molecule has 0 radical (unpaired) electrons. The van der Waals surface area contributed by atoms with Gasteiger partial charge in [-0.05, 0) is 42.7 Å². The van der Waals surface area contributed by atoms with E-state index in [-0.39, 0.29) is 30.0 Å². The molecule has 9 heteroatoms. The molecule has 1 N–H and O–H groups in total. The highest BCUT2D eigenvalue weighted by molar-refractivity contribution is 6.09. The van der Waals surface area contributed by atoms with Crippen molar-refractivity contribution in [2.45, 2.75) is 37.5 Å². The van der Waals surface area contributed by atoms with Crippen molar-refractivity contribution in [3.8, 4) is 11.5 Å². The Morgan fingerprint density at radius 1 is 0.953 bits per heavy atom. The van der Waals surface area contributed by atoms with Crippen molar-refractivity contribution < 1.29 is 28.6 Å². The summed E-state index contributed by atoms with van der Waals surface area (Å²) in [5.41, 5.74) is 2.34. The Kier molecular flexibility index (Phi) is 9.41. The molecular formula is C34H37N3O6. The van der Waals surface area contributed by atoms with Crippen molar-refractivity contribution in [2.24, 2.45) is 0 Å². The molecule has 0 saturated carbocycles. The molecule has 0 aromatic heterocycles. The molecule has 2 aliphatic heterocycles. The van der Waals surface area contributed by atoms with Crippen LogP contribution in [0.2, 0.25) is 0 Å². The summed E-state index contributed by atoms with van der Waals surface area (Å²) in [4.78, 5) is 44.2. The van der Waals surface area contributed by atoms with Gasteiger partial charge in [0.25, 0.3) is 11.8 Å². The van der Waals surface area contributed by atoms with Gasteiger partial charge in [0.1, 0.15) is 17.5 Å². The molecule has 2 saturated heterocycles. The standard InChI is InChI=1S/C34H37N3O6/c1-41-22-25-12-9-19-36(25)33(39)28-14-8-7-13-27(28)32(38)35-31-29(18-15-23-10-5-4-6-11-23)37(34(31)40)21-24-16-17-26(42-2)20-30(24)43-3/h4-8,10-11,13-18,20,25,29,31H,9,12,19,21-22H2,1-3H3,(H,35,38)/t25-,29?,31?/m0/s1. The number of methoxy groups -OCH3 is 3. The summed E-state index contributed by atoms with van der Waals surface area (Å²) in [6.45, 7) is 1.34. The Morgan fingerprint density at radius 2 is 1.70 bits per heavy atom. The Balaban J connectivity index is 1.38. The molecule has 0 aliphatic carbocycles. The number of nitrogens with zero attached hydrogens (tertiary/aromatic N) is 2. The molecule has 3 atom stereocenters. The van der Waals surface area contributed by atoms with Crippen LogP contribution in [0.4, 0.5) is 0 Å². The minimum absolute atomic E-state index is 0.0298. The van der Waals surface area contributed by atoms with Gasteiger partial charge in [0.05, 0.1) is 50.6 Å². The molecule has 2 unspecified atom stereocenters. The molecule has 2 aliphatic rings. The third kappa shape index (κ3) is 6.41. The predicted octanol–water partition coefficient (Wildman–Crippen LogP) is 4.18. The number of carbonyl (C=O) groups is 3. The second-order valence-electron chi connectivity index (χ2n) is 10.7. The summed E-state index contributed by atoms with van der Waals surface area (Å²) in [5.74, 6) is 0.351. The van der Waals surface area contributed by atoms with Gasteiger partial charge in [-0.15, -0.1) is 0 Å². The number of carbonyl (C=O) groups excluding carboxylic acids is 3. The van der Waals surface area contributed by atoms with Gasteiger partial charge in [-0.2, -0.15) is 0 Å². The van der Waals surface area contributed by atoms with Crippen LogP contribution in [0.25, 0.3) is 6.08 Å². The first-order valence-corrected chi connectivity index (χ1v) is 14.4. The summed E-state index contributed by atoms with van der Waals surface area (Å²) in [5, 5.41) is 2.93. The van der Waals surface area contributed by atoms with Crippen molar-refractivity contribution in [1.29, 1.82) is 0 Å². The van der Waals surface area contributed by atoms with Gasteiger partial charge in [-0.1, -0.05) is 54.6 Å². The average molecular weight is 584 g/mol. The van der Waals surface area contributed by atoms with E-state index in [1.807, 2.05) is 54.6 Å². The zero-order valence-corrected chi connectivity index (χ0v) is 24.7. The zero-order chi connectivity index (χ0) is 30.3. The smallest absolute Gasteiger partial charge is 0.254 e. The van der Waals surface area contributed by atoms with Crippen LogP contribution >= 0.6 is 0 Å². The van der Waals surface area contributed by atoms with Crippen LogP contribution < -0.4 is 14.8 Å². The topological polar surface area (TPSA) is 97.4 Å². The summed E-state index contributed by atoms with van der Waals surface area (Å²) < 4.78 is 16.2. The maximum absolute atomic E-state index is 13.7. The van der Waals surface area contributed by atoms with Gasteiger partial charge >= 0.3 is 0 Å². The number of likely N-dealkylation sites (tertiary alicyclic amines) is 2. The van der Waals surface area contributed by atoms with E-state index >= 15 is 0 Å². The van der Waals surface area contributed by atoms with Crippen LogP contribution in [0.15, 0.2) is 78.9 Å². The van der Waals surface area contributed by atoms with E-state index in [1.165, 1.54) is 0 Å². The largest absolute Gasteiger partial charge is 0.497 e. The van der Waals surface area contributed by atoms with Crippen LogP contribution in [-0.4, -0.2) is 80.1 Å². The van der Waals surface area contributed by atoms with E-state index in [0.29, 0.717) is 30.2 Å². The Morgan fingerprint density at radius 3 is 2.42 bits per heavy atom. The van der Waals surface area contributed by atoms with Crippen LogP contribution in [0.1, 0.15) is 44.7 Å². The number of ether oxygens (including phenoxy) is 3. The number of amides is 3. The van der Waals surface area contributed by atoms with Crippen LogP contribution in [-0.2, 0) is 16.1 Å². The number of nitrogens with one attached hydrogen (secondary N) is 1. The lowest BCUT2D eigenvalue weighted by Gasteiger charge is -2.46. The van der Waals surface area contributed by atoms with Gasteiger partial charge in [0, 0.05) is 25.3 Å². The quantitative estimate of drug-likeness (QED) is 0.340. The lowest BCUT2D eigenvalue weighted by molar-refractivity contribution is -0.148. The van der Waals surface area contributed by atoms with Crippen molar-refractivity contribution >= 4 is 23.8 Å². The molecule has 3 amide bonds. The fourth-order valence-electron chi connectivity index (χ4n) is 5.76. The second-order valence-corrected chi connectivity index (χ2v) is 10.7. The lowest BCUT2D eigenvalue weighted by atomic mass is 9.92. The fraction of sp³-hybridized carbons (Fsp3) is 0.324. The third-order valence-corrected chi connectivity index (χ3v) is 8.06. The maximum Gasteiger partial charge on any atom is 0.254 e. The van der Waals surface area contributed by atoms with Gasteiger partial charge < -0.3 is 29.3 Å². The molecule has 0 bridgehead atoms. The molecule has 43 heavy (non-hydrogen) atoms. The second kappa shape index (κ2) is 13.6. The van der Waals surface area contributed by atoms with Gasteiger partial charge in [-0.3, -0.25) is 14.4 Å². The van der Waals surface area contributed by atoms with Crippen molar-refractivity contribution in [1.82, 2.24) is 15.1 Å². The number of β-lactam (4-membered cyclic amide) rings is 1. The fourth-order valence-corrected chi connectivity index (χ4v) is 5.76. The summed E-state index contributed by atoms with van der Waals surface area (Å²) >= 11 is 0. The van der Waals surface area contributed by atoms with E-state index < -0.39 is 18.0 Å². The zero-order valence-electron chi connectivity index (χ0n) is 24.7. The minimum Gasteiger partial charge on any atom is -0.497 e. The van der Waals surface area contributed by atoms with Crippen LogP contribution in [0.3, 0.4) is 0 Å². The van der Waals surface area contributed by atoms with Gasteiger partial charge in [0.15, 0.2) is 0 Å². The molecule has 0 spiro atoms. The molecule has 9 nitrogen and oxygen atoms in total. The lowest BCUT2D eigenvalue weighted by Crippen LogP contribution is -2.69. The molecule has 3 aromatic rings. The Labute approximate surface area is 252 Å². The SMILES string of the molecule is COC[C@@H]1CCCN1C(=O)c1ccccc1C(=O)NC1C(=O)N(Cc2ccc(OC)cc2OC)C1C=Cc1ccccc1. The van der Waals surface area contributed by atoms with E-state index in [9.17, 15) is 14.4 Å². The first-order chi connectivity index (χ1) is 20.9. The van der Waals surface area contributed by atoms with Gasteiger partial charge in [0.2, 0.25) is 5.91 Å². The molecule has 5 rings (SSSR count). The molecule has 2 heterocycles. The predicted molar refractivity (Wildman–Crippen MR) is 163 cm³/mol. The molecule has 2 fully saturated rings. The highest BCUT2D eigenvalue weighted by Crippen LogP contribution is 2.31. The van der Waals surface area contributed by atoms with Crippen molar-refractivity contribution in [3.63, 3.8) is 0 Å². The average Bonchev–Trinajstić information content (AvgIpc) is 3.52. The van der Waals surface area contributed by atoms with E-state index in [1.54, 1.807) is 61.5 Å². The summed E-state index contributed by atoms with van der Waals surface area (Å²) in [7, 11) is 4.78. The number of hydrogen-bond acceptors (Lipinski definition) is 6. The van der Waals surface area contributed by atoms with Crippen molar-refractivity contribution in [2.75, 3.05) is 34.5 Å². The van der Waals surface area contributed by atoms with Crippen LogP contribution in [0.5, 0.6) is 11.5 Å². The maximum atomic E-state index is 13.7. The Hall–Kier alpha value is -4.63.